The number of carbonyl (C=O) groups is 2. The van der Waals surface area contributed by atoms with E-state index in [2.05, 4.69) is 0 Å². The summed E-state index contributed by atoms with van der Waals surface area (Å²) in [6.07, 6.45) is 0.527. The standard InChI is InChI=1S/C6H10N2O3.ClH/c7-4-1-2-5(9)8(4)3-6(10)11;/h4H,1-3,7H2,(H,10,11);1H/t4-;/m0./s1. The number of likely N-dealkylation sites (tertiary alicyclic amines) is 1. The average Bonchev–Trinajstić information content (AvgIpc) is 2.18. The molecule has 0 radical (unpaired) electrons. The van der Waals surface area contributed by atoms with Crippen LogP contribution in [0, 0.1) is 0 Å². The van der Waals surface area contributed by atoms with Crippen LogP contribution in [0.1, 0.15) is 12.8 Å². The fourth-order valence-corrected chi connectivity index (χ4v) is 1.11. The minimum absolute atomic E-state index is 0. The topological polar surface area (TPSA) is 83.6 Å². The van der Waals surface area contributed by atoms with Gasteiger partial charge in [0.05, 0.1) is 6.17 Å². The van der Waals surface area contributed by atoms with Crippen molar-refractivity contribution in [2.75, 3.05) is 6.54 Å². The summed E-state index contributed by atoms with van der Waals surface area (Å²) in [6.45, 7) is -0.278. The second-order valence-corrected chi connectivity index (χ2v) is 2.52. The summed E-state index contributed by atoms with van der Waals surface area (Å²) < 4.78 is 0. The fraction of sp³-hybridized carbons (Fsp3) is 0.667. The second kappa shape index (κ2) is 4.27. The lowest BCUT2D eigenvalue weighted by molar-refractivity contribution is -0.143. The van der Waals surface area contributed by atoms with Crippen LogP contribution in [0.5, 0.6) is 0 Å². The number of nitrogens with zero attached hydrogens (tertiary/aromatic N) is 1. The van der Waals surface area contributed by atoms with Gasteiger partial charge in [0.1, 0.15) is 6.54 Å². The summed E-state index contributed by atoms with van der Waals surface area (Å²) >= 11 is 0. The fourth-order valence-electron chi connectivity index (χ4n) is 1.11. The van der Waals surface area contributed by atoms with Crippen LogP contribution in [-0.4, -0.2) is 34.6 Å². The van der Waals surface area contributed by atoms with Gasteiger partial charge in [0, 0.05) is 6.42 Å². The molecule has 5 nitrogen and oxygen atoms in total. The molecule has 3 N–H and O–H groups in total. The van der Waals surface area contributed by atoms with Gasteiger partial charge >= 0.3 is 5.97 Å². The summed E-state index contributed by atoms with van der Waals surface area (Å²) in [7, 11) is 0. The largest absolute Gasteiger partial charge is 0.480 e. The molecule has 1 amide bonds. The first kappa shape index (κ1) is 11.2. The number of hydrogen-bond donors (Lipinski definition) is 2. The quantitative estimate of drug-likeness (QED) is 0.615. The average molecular weight is 195 g/mol. The molecule has 70 valence electrons. The Balaban J connectivity index is 0.00000121. The third kappa shape index (κ3) is 2.35. The molecule has 1 aliphatic heterocycles. The van der Waals surface area contributed by atoms with E-state index in [0.717, 1.165) is 0 Å². The van der Waals surface area contributed by atoms with Gasteiger partial charge in [-0.25, -0.2) is 0 Å². The monoisotopic (exact) mass is 194 g/mol. The lowest BCUT2D eigenvalue weighted by Crippen LogP contribution is -2.42. The van der Waals surface area contributed by atoms with E-state index in [1.54, 1.807) is 0 Å². The van der Waals surface area contributed by atoms with E-state index in [9.17, 15) is 9.59 Å². The van der Waals surface area contributed by atoms with Crippen molar-refractivity contribution in [1.29, 1.82) is 0 Å². The van der Waals surface area contributed by atoms with Gasteiger partial charge in [-0.3, -0.25) is 9.59 Å². The highest BCUT2D eigenvalue weighted by Crippen LogP contribution is 2.13. The van der Waals surface area contributed by atoms with Gasteiger partial charge < -0.3 is 15.7 Å². The molecule has 1 aliphatic rings. The molecule has 1 saturated heterocycles. The van der Waals surface area contributed by atoms with Gasteiger partial charge in [-0.15, -0.1) is 12.4 Å². The molecule has 0 bridgehead atoms. The maximum atomic E-state index is 10.9. The van der Waals surface area contributed by atoms with Crippen molar-refractivity contribution in [2.45, 2.75) is 19.0 Å². The number of amides is 1. The number of halogens is 1. The Kier molecular flexibility index (Phi) is 3.99. The Hall–Kier alpha value is -0.810. The van der Waals surface area contributed by atoms with Crippen LogP contribution in [-0.2, 0) is 9.59 Å². The molecule has 0 spiro atoms. The lowest BCUT2D eigenvalue weighted by Gasteiger charge is -2.18. The van der Waals surface area contributed by atoms with Crippen molar-refractivity contribution in [3.8, 4) is 0 Å². The minimum Gasteiger partial charge on any atom is -0.480 e. The molecule has 1 heterocycles. The number of carbonyl (C=O) groups excluding carboxylic acids is 1. The van der Waals surface area contributed by atoms with Crippen molar-refractivity contribution >= 4 is 24.3 Å². The molecule has 1 fully saturated rings. The first-order chi connectivity index (χ1) is 5.11. The number of carboxylic acids is 1. The van der Waals surface area contributed by atoms with E-state index >= 15 is 0 Å². The maximum absolute atomic E-state index is 10.9. The van der Waals surface area contributed by atoms with E-state index in [-0.39, 0.29) is 24.9 Å². The van der Waals surface area contributed by atoms with Crippen molar-refractivity contribution in [3.05, 3.63) is 0 Å². The molecule has 0 saturated carbocycles. The summed E-state index contributed by atoms with van der Waals surface area (Å²) in [6, 6.07) is 0. The minimum atomic E-state index is -1.02. The van der Waals surface area contributed by atoms with Crippen LogP contribution in [0.15, 0.2) is 0 Å². The first-order valence-corrected chi connectivity index (χ1v) is 3.38. The third-order valence-corrected chi connectivity index (χ3v) is 1.68. The van der Waals surface area contributed by atoms with Gasteiger partial charge in [-0.05, 0) is 6.42 Å². The molecule has 1 atom stereocenters. The van der Waals surface area contributed by atoms with Gasteiger partial charge in [-0.2, -0.15) is 0 Å². The van der Waals surface area contributed by atoms with E-state index in [4.69, 9.17) is 10.8 Å². The van der Waals surface area contributed by atoms with E-state index in [0.29, 0.717) is 12.8 Å². The highest BCUT2D eigenvalue weighted by Gasteiger charge is 2.29. The van der Waals surface area contributed by atoms with Crippen molar-refractivity contribution in [1.82, 2.24) is 4.90 Å². The molecule has 0 aromatic rings. The Morgan fingerprint density at radius 2 is 2.33 bits per heavy atom. The van der Waals surface area contributed by atoms with Crippen molar-refractivity contribution in [2.24, 2.45) is 5.73 Å². The zero-order valence-corrected chi connectivity index (χ0v) is 7.21. The number of nitrogens with two attached hydrogens (primary N) is 1. The molecule has 0 aliphatic carbocycles. The molecular formula is C6H11ClN2O3. The number of rotatable bonds is 2. The molecule has 0 unspecified atom stereocenters. The number of carboxylic acid groups (broad SMARTS) is 1. The van der Waals surface area contributed by atoms with Crippen LogP contribution in [0.3, 0.4) is 0 Å². The molecule has 1 rings (SSSR count). The lowest BCUT2D eigenvalue weighted by atomic mass is 10.3. The summed E-state index contributed by atoms with van der Waals surface area (Å²) in [5, 5.41) is 8.36. The maximum Gasteiger partial charge on any atom is 0.323 e. The molecule has 0 aromatic heterocycles. The van der Waals surface area contributed by atoms with Crippen LogP contribution >= 0.6 is 12.4 Å². The van der Waals surface area contributed by atoms with Crippen molar-refractivity contribution < 1.29 is 14.7 Å². The smallest absolute Gasteiger partial charge is 0.323 e. The summed E-state index contributed by atoms with van der Waals surface area (Å²) in [5.41, 5.74) is 5.46. The Morgan fingerprint density at radius 1 is 1.75 bits per heavy atom. The molecular weight excluding hydrogens is 184 g/mol. The second-order valence-electron chi connectivity index (χ2n) is 2.52. The molecule has 0 aromatic carbocycles. The summed E-state index contributed by atoms with van der Waals surface area (Å²) in [5.74, 6) is -1.18. The van der Waals surface area contributed by atoms with Crippen molar-refractivity contribution in [3.63, 3.8) is 0 Å². The van der Waals surface area contributed by atoms with Gasteiger partial charge in [0.2, 0.25) is 5.91 Å². The Bertz CT molecular complexity index is 197. The third-order valence-electron chi connectivity index (χ3n) is 1.68. The first-order valence-electron chi connectivity index (χ1n) is 3.38. The van der Waals surface area contributed by atoms with Gasteiger partial charge in [0.15, 0.2) is 0 Å². The molecule has 12 heavy (non-hydrogen) atoms. The number of hydrogen-bond acceptors (Lipinski definition) is 3. The van der Waals surface area contributed by atoms with E-state index in [1.165, 1.54) is 4.90 Å². The highest BCUT2D eigenvalue weighted by molar-refractivity contribution is 5.85. The summed E-state index contributed by atoms with van der Waals surface area (Å²) in [4.78, 5) is 22.3. The number of aliphatic carboxylic acids is 1. The zero-order chi connectivity index (χ0) is 8.43. The van der Waals surface area contributed by atoms with Gasteiger partial charge in [-0.1, -0.05) is 0 Å². The van der Waals surface area contributed by atoms with Crippen LogP contribution in [0.4, 0.5) is 0 Å². The van der Waals surface area contributed by atoms with E-state index < -0.39 is 12.1 Å². The zero-order valence-electron chi connectivity index (χ0n) is 6.40. The predicted octanol–water partition coefficient (Wildman–Crippen LogP) is -0.600. The van der Waals surface area contributed by atoms with Crippen LogP contribution < -0.4 is 5.73 Å². The SMILES string of the molecule is Cl.N[C@@H]1CCC(=O)N1CC(=O)O. The van der Waals surface area contributed by atoms with E-state index in [1.807, 2.05) is 0 Å². The predicted molar refractivity (Wildman–Crippen MR) is 43.8 cm³/mol. The Labute approximate surface area is 75.9 Å². The van der Waals surface area contributed by atoms with Crippen LogP contribution in [0.2, 0.25) is 0 Å². The normalized spacial score (nSPS) is 22.2. The molecule has 6 heteroatoms. The van der Waals surface area contributed by atoms with Crippen LogP contribution in [0.25, 0.3) is 0 Å². The Morgan fingerprint density at radius 3 is 2.67 bits per heavy atom. The highest BCUT2D eigenvalue weighted by atomic mass is 35.5. The van der Waals surface area contributed by atoms with Gasteiger partial charge in [0.25, 0.3) is 0 Å².